The van der Waals surface area contributed by atoms with E-state index in [1.807, 2.05) is 54.6 Å². The van der Waals surface area contributed by atoms with Crippen LogP contribution in [-0.2, 0) is 0 Å². The van der Waals surface area contributed by atoms with Crippen molar-refractivity contribution >= 4 is 22.5 Å². The highest BCUT2D eigenvalue weighted by molar-refractivity contribution is 6.01. The first-order valence-electron chi connectivity index (χ1n) is 6.01. The monoisotopic (exact) mass is 250 g/mol. The van der Waals surface area contributed by atoms with E-state index in [4.69, 9.17) is 11.5 Å². The number of hydrogen-bond acceptors (Lipinski definition) is 1. The van der Waals surface area contributed by atoms with Gasteiger partial charge < -0.3 is 16.5 Å². The molecule has 0 aliphatic rings. The molecule has 0 aliphatic carbocycles. The van der Waals surface area contributed by atoms with Crippen molar-refractivity contribution in [2.45, 2.75) is 0 Å². The minimum Gasteiger partial charge on any atom is -0.370 e. The lowest BCUT2D eigenvalue weighted by atomic mass is 10.1. The molecule has 1 heterocycles. The van der Waals surface area contributed by atoms with Crippen molar-refractivity contribution in [3.8, 4) is 11.3 Å². The highest BCUT2D eigenvalue weighted by Gasteiger charge is 2.12. The maximum Gasteiger partial charge on any atom is 0.191 e. The molecule has 0 saturated heterocycles. The van der Waals surface area contributed by atoms with Gasteiger partial charge in [0.2, 0.25) is 0 Å². The standard InChI is InChI=1S/C15H14N4/c16-15(17)19-14-11-8-4-5-9-12(11)18-13(14)10-6-2-1-3-7-10/h1-9,18H,(H4,16,17,19). The first-order chi connectivity index (χ1) is 9.25. The molecule has 0 aliphatic heterocycles. The van der Waals surface area contributed by atoms with Crippen molar-refractivity contribution in [3.63, 3.8) is 0 Å². The quantitative estimate of drug-likeness (QED) is 0.483. The summed E-state index contributed by atoms with van der Waals surface area (Å²) < 4.78 is 0. The van der Waals surface area contributed by atoms with Gasteiger partial charge in [-0.05, 0) is 6.07 Å². The second-order valence-electron chi connectivity index (χ2n) is 4.30. The second kappa shape index (κ2) is 4.49. The van der Waals surface area contributed by atoms with E-state index in [1.165, 1.54) is 0 Å². The molecule has 0 saturated carbocycles. The molecular formula is C15H14N4. The SMILES string of the molecule is NC(N)=Nc1c(-c2ccccc2)[nH]c2ccccc12. The van der Waals surface area contributed by atoms with Crippen molar-refractivity contribution in [2.24, 2.45) is 16.5 Å². The normalized spacial score (nSPS) is 10.5. The van der Waals surface area contributed by atoms with Gasteiger partial charge >= 0.3 is 0 Å². The molecule has 94 valence electrons. The number of nitrogens with zero attached hydrogens (tertiary/aromatic N) is 1. The zero-order chi connectivity index (χ0) is 13.2. The number of hydrogen-bond donors (Lipinski definition) is 3. The van der Waals surface area contributed by atoms with Crippen LogP contribution in [0.3, 0.4) is 0 Å². The number of fused-ring (bicyclic) bond motifs is 1. The van der Waals surface area contributed by atoms with Crippen LogP contribution in [0.1, 0.15) is 0 Å². The van der Waals surface area contributed by atoms with Crippen LogP contribution in [0.5, 0.6) is 0 Å². The van der Waals surface area contributed by atoms with Crippen molar-refractivity contribution in [1.29, 1.82) is 0 Å². The van der Waals surface area contributed by atoms with Crippen LogP contribution in [0.15, 0.2) is 59.6 Å². The third kappa shape index (κ3) is 2.04. The third-order valence-electron chi connectivity index (χ3n) is 2.98. The van der Waals surface area contributed by atoms with Gasteiger partial charge in [0.1, 0.15) is 5.69 Å². The van der Waals surface area contributed by atoms with E-state index in [9.17, 15) is 0 Å². The number of H-pyrrole nitrogens is 1. The molecule has 0 radical (unpaired) electrons. The summed E-state index contributed by atoms with van der Waals surface area (Å²) in [6.07, 6.45) is 0. The number of aliphatic imine (C=N–C) groups is 1. The van der Waals surface area contributed by atoms with Crippen LogP contribution in [0.25, 0.3) is 22.2 Å². The Morgan fingerprint density at radius 3 is 2.32 bits per heavy atom. The van der Waals surface area contributed by atoms with Crippen LogP contribution < -0.4 is 11.5 Å². The van der Waals surface area contributed by atoms with Gasteiger partial charge in [0.05, 0.1) is 5.69 Å². The number of nitrogens with one attached hydrogen (secondary N) is 1. The zero-order valence-electron chi connectivity index (χ0n) is 10.3. The molecule has 0 bridgehead atoms. The van der Waals surface area contributed by atoms with Gasteiger partial charge in [-0.2, -0.15) is 0 Å². The lowest BCUT2D eigenvalue weighted by Crippen LogP contribution is -2.21. The molecule has 1 aromatic heterocycles. The first kappa shape index (κ1) is 11.3. The van der Waals surface area contributed by atoms with Crippen LogP contribution in [-0.4, -0.2) is 10.9 Å². The molecule has 4 nitrogen and oxygen atoms in total. The van der Waals surface area contributed by atoms with E-state index in [-0.39, 0.29) is 5.96 Å². The number of aromatic amines is 1. The molecule has 0 amide bonds. The Kier molecular flexibility index (Phi) is 2.68. The number of guanidine groups is 1. The van der Waals surface area contributed by atoms with Gasteiger partial charge in [0.25, 0.3) is 0 Å². The molecule has 4 heteroatoms. The topological polar surface area (TPSA) is 80.2 Å². The van der Waals surface area contributed by atoms with Gasteiger partial charge in [-0.3, -0.25) is 0 Å². The molecule has 0 spiro atoms. The van der Waals surface area contributed by atoms with Crippen molar-refractivity contribution in [3.05, 3.63) is 54.6 Å². The van der Waals surface area contributed by atoms with Gasteiger partial charge in [0, 0.05) is 16.5 Å². The zero-order valence-corrected chi connectivity index (χ0v) is 10.3. The predicted octanol–water partition coefficient (Wildman–Crippen LogP) is 2.74. The summed E-state index contributed by atoms with van der Waals surface area (Å²) in [5.41, 5.74) is 14.8. The average molecular weight is 250 g/mol. The summed E-state index contributed by atoms with van der Waals surface area (Å²) in [6, 6.07) is 18.0. The number of nitrogens with two attached hydrogens (primary N) is 2. The third-order valence-corrected chi connectivity index (χ3v) is 2.98. The van der Waals surface area contributed by atoms with Crippen LogP contribution >= 0.6 is 0 Å². The van der Waals surface area contributed by atoms with Gasteiger partial charge in [-0.1, -0.05) is 48.5 Å². The maximum atomic E-state index is 5.54. The van der Waals surface area contributed by atoms with Gasteiger partial charge in [-0.15, -0.1) is 0 Å². The second-order valence-corrected chi connectivity index (χ2v) is 4.30. The van der Waals surface area contributed by atoms with E-state index < -0.39 is 0 Å². The first-order valence-corrected chi connectivity index (χ1v) is 6.01. The highest BCUT2D eigenvalue weighted by atomic mass is 15.0. The van der Waals surface area contributed by atoms with Crippen LogP contribution in [0.4, 0.5) is 5.69 Å². The molecule has 0 fully saturated rings. The summed E-state index contributed by atoms with van der Waals surface area (Å²) in [4.78, 5) is 7.63. The highest BCUT2D eigenvalue weighted by Crippen LogP contribution is 2.36. The molecule has 3 aromatic rings. The number of aromatic nitrogens is 1. The Balaban J connectivity index is 2.32. The van der Waals surface area contributed by atoms with E-state index >= 15 is 0 Å². The minimum absolute atomic E-state index is 0.0573. The molecular weight excluding hydrogens is 236 g/mol. The Labute approximate surface area is 110 Å². The Hall–Kier alpha value is -2.75. The Morgan fingerprint density at radius 1 is 0.895 bits per heavy atom. The molecule has 0 atom stereocenters. The molecule has 3 rings (SSSR count). The summed E-state index contributed by atoms with van der Waals surface area (Å²) in [5, 5.41) is 1.01. The number of rotatable bonds is 2. The summed E-state index contributed by atoms with van der Waals surface area (Å²) in [5.74, 6) is 0.0573. The van der Waals surface area contributed by atoms with Crippen LogP contribution in [0, 0.1) is 0 Å². The lowest BCUT2D eigenvalue weighted by molar-refractivity contribution is 1.40. The molecule has 2 aromatic carbocycles. The van der Waals surface area contributed by atoms with Crippen molar-refractivity contribution in [1.82, 2.24) is 4.98 Å². The van der Waals surface area contributed by atoms with Crippen molar-refractivity contribution < 1.29 is 0 Å². The van der Waals surface area contributed by atoms with E-state index in [0.29, 0.717) is 0 Å². The number of benzene rings is 2. The van der Waals surface area contributed by atoms with E-state index in [2.05, 4.69) is 9.98 Å². The largest absolute Gasteiger partial charge is 0.370 e. The van der Waals surface area contributed by atoms with Gasteiger partial charge in [0.15, 0.2) is 5.96 Å². The number of para-hydroxylation sites is 1. The maximum absolute atomic E-state index is 5.54. The Bertz CT molecular complexity index is 737. The van der Waals surface area contributed by atoms with Crippen LogP contribution in [0.2, 0.25) is 0 Å². The summed E-state index contributed by atoms with van der Waals surface area (Å²) in [6.45, 7) is 0. The fourth-order valence-corrected chi connectivity index (χ4v) is 2.19. The fourth-order valence-electron chi connectivity index (χ4n) is 2.19. The molecule has 19 heavy (non-hydrogen) atoms. The average Bonchev–Trinajstić information content (AvgIpc) is 2.78. The molecule has 5 N–H and O–H groups in total. The summed E-state index contributed by atoms with van der Waals surface area (Å²) in [7, 11) is 0. The van der Waals surface area contributed by atoms with Gasteiger partial charge in [-0.25, -0.2) is 4.99 Å². The minimum atomic E-state index is 0.0573. The predicted molar refractivity (Wildman–Crippen MR) is 79.2 cm³/mol. The van der Waals surface area contributed by atoms with Crippen molar-refractivity contribution in [2.75, 3.05) is 0 Å². The van der Waals surface area contributed by atoms with E-state index in [0.717, 1.165) is 27.8 Å². The fraction of sp³-hybridized carbons (Fsp3) is 0. The Morgan fingerprint density at radius 2 is 1.58 bits per heavy atom. The lowest BCUT2D eigenvalue weighted by Gasteiger charge is -2.00. The summed E-state index contributed by atoms with van der Waals surface area (Å²) >= 11 is 0. The smallest absolute Gasteiger partial charge is 0.191 e. The molecule has 0 unspecified atom stereocenters. The van der Waals surface area contributed by atoms with E-state index in [1.54, 1.807) is 0 Å².